The minimum Gasteiger partial charge on any atom is -0.494 e. The Balaban J connectivity index is 2.33. The second-order valence-electron chi connectivity index (χ2n) is 5.56. The van der Waals surface area contributed by atoms with Crippen LogP contribution in [-0.4, -0.2) is 24.5 Å². The molecule has 0 aliphatic rings. The van der Waals surface area contributed by atoms with Crippen LogP contribution in [0.15, 0.2) is 30.3 Å². The molecule has 0 saturated heterocycles. The third-order valence-electron chi connectivity index (χ3n) is 2.48. The number of carbonyl (C=O) groups excluding carboxylic acids is 2. The molecule has 1 aromatic carbocycles. The van der Waals surface area contributed by atoms with Crippen LogP contribution in [0.1, 0.15) is 33.6 Å². The number of para-hydroxylation sites is 1. The molecule has 0 aliphatic carbocycles. The fraction of sp³-hybridized carbons (Fsp3) is 0.500. The summed E-state index contributed by atoms with van der Waals surface area (Å²) in [5.41, 5.74) is -0.537. The number of benzene rings is 1. The third-order valence-corrected chi connectivity index (χ3v) is 2.48. The van der Waals surface area contributed by atoms with Crippen LogP contribution in [0.3, 0.4) is 0 Å². The molecule has 0 aliphatic heterocycles. The molecule has 20 heavy (non-hydrogen) atoms. The van der Waals surface area contributed by atoms with Crippen molar-refractivity contribution >= 4 is 12.3 Å². The summed E-state index contributed by atoms with van der Waals surface area (Å²) in [5.74, 6) is -0.131. The second-order valence-corrected chi connectivity index (χ2v) is 5.56. The van der Waals surface area contributed by atoms with Crippen LogP contribution in [0, 0.1) is 5.92 Å². The fourth-order valence-electron chi connectivity index (χ4n) is 1.62. The molecule has 0 spiro atoms. The van der Waals surface area contributed by atoms with E-state index in [9.17, 15) is 9.59 Å². The summed E-state index contributed by atoms with van der Waals surface area (Å²) < 4.78 is 10.7. The van der Waals surface area contributed by atoms with Crippen molar-refractivity contribution in [2.24, 2.45) is 5.92 Å². The molecular formula is C16H21O4. The molecule has 0 N–H and O–H groups in total. The largest absolute Gasteiger partial charge is 0.494 e. The zero-order valence-electron chi connectivity index (χ0n) is 12.2. The number of carbonyl (C=O) groups is 1. The highest BCUT2D eigenvalue weighted by atomic mass is 16.6. The summed E-state index contributed by atoms with van der Waals surface area (Å²) in [7, 11) is 0. The van der Waals surface area contributed by atoms with E-state index >= 15 is 0 Å². The van der Waals surface area contributed by atoms with E-state index in [0.717, 1.165) is 5.75 Å². The lowest BCUT2D eigenvalue weighted by molar-refractivity contribution is -0.155. The van der Waals surface area contributed by atoms with Crippen LogP contribution in [-0.2, 0) is 14.3 Å². The first-order valence-corrected chi connectivity index (χ1v) is 6.68. The van der Waals surface area contributed by atoms with Gasteiger partial charge in [0.25, 0.3) is 0 Å². The minimum atomic E-state index is -0.537. The summed E-state index contributed by atoms with van der Waals surface area (Å²) >= 11 is 0. The number of ether oxygens (including phenoxy) is 2. The Morgan fingerprint density at radius 3 is 2.45 bits per heavy atom. The van der Waals surface area contributed by atoms with E-state index in [0.29, 0.717) is 13.0 Å². The molecule has 1 radical (unpaired) electrons. The van der Waals surface area contributed by atoms with Crippen LogP contribution in [0.5, 0.6) is 5.75 Å². The molecule has 4 heteroatoms. The van der Waals surface area contributed by atoms with Crippen molar-refractivity contribution in [1.29, 1.82) is 0 Å². The predicted octanol–water partition coefficient (Wildman–Crippen LogP) is 2.91. The van der Waals surface area contributed by atoms with Gasteiger partial charge in [-0.1, -0.05) is 18.2 Å². The standard InChI is InChI=1S/C16H21O4/c1-16(2,3)20-15(18)11-13(12-17)9-10-19-14-7-5-4-6-8-14/h4-8,13H,9-11H2,1-3H3. The van der Waals surface area contributed by atoms with Crippen molar-refractivity contribution in [3.63, 3.8) is 0 Å². The van der Waals surface area contributed by atoms with Gasteiger partial charge in [0.05, 0.1) is 13.0 Å². The summed E-state index contributed by atoms with van der Waals surface area (Å²) in [6.07, 6.45) is 2.36. The molecule has 0 bridgehead atoms. The van der Waals surface area contributed by atoms with E-state index in [1.54, 1.807) is 20.8 Å². The first-order chi connectivity index (χ1) is 9.40. The van der Waals surface area contributed by atoms with Crippen molar-refractivity contribution < 1.29 is 19.1 Å². The quantitative estimate of drug-likeness (QED) is 0.719. The Bertz CT molecular complexity index is 420. The Hall–Kier alpha value is -1.84. The molecule has 0 aromatic heterocycles. The van der Waals surface area contributed by atoms with E-state index in [2.05, 4.69) is 0 Å². The molecular weight excluding hydrogens is 256 g/mol. The fourth-order valence-corrected chi connectivity index (χ4v) is 1.62. The van der Waals surface area contributed by atoms with Crippen molar-refractivity contribution in [3.8, 4) is 5.75 Å². The smallest absolute Gasteiger partial charge is 0.307 e. The maximum Gasteiger partial charge on any atom is 0.307 e. The third kappa shape index (κ3) is 6.92. The van der Waals surface area contributed by atoms with Gasteiger partial charge in [0.15, 0.2) is 0 Å². The Labute approximate surface area is 120 Å². The number of rotatable bonds is 7. The summed E-state index contributed by atoms with van der Waals surface area (Å²) in [6, 6.07) is 9.33. The van der Waals surface area contributed by atoms with Gasteiger partial charge in [0.1, 0.15) is 11.4 Å². The zero-order valence-corrected chi connectivity index (χ0v) is 12.2. The van der Waals surface area contributed by atoms with E-state index < -0.39 is 11.5 Å². The highest BCUT2D eigenvalue weighted by Crippen LogP contribution is 2.14. The van der Waals surface area contributed by atoms with Gasteiger partial charge in [-0.2, -0.15) is 0 Å². The highest BCUT2D eigenvalue weighted by molar-refractivity contribution is 5.74. The Morgan fingerprint density at radius 2 is 1.90 bits per heavy atom. The van der Waals surface area contributed by atoms with Crippen LogP contribution < -0.4 is 4.74 Å². The normalized spacial score (nSPS) is 12.6. The lowest BCUT2D eigenvalue weighted by atomic mass is 10.0. The molecule has 1 rings (SSSR count). The summed E-state index contributed by atoms with van der Waals surface area (Å²) in [6.45, 7) is 5.75. The SMILES string of the molecule is CC(C)(C)OC(=O)CC([C]=O)CCOc1ccccc1. The van der Waals surface area contributed by atoms with Crippen LogP contribution in [0.4, 0.5) is 0 Å². The van der Waals surface area contributed by atoms with Crippen LogP contribution in [0.2, 0.25) is 0 Å². The number of hydrogen-bond donors (Lipinski definition) is 0. The van der Waals surface area contributed by atoms with Gasteiger partial charge in [0.2, 0.25) is 6.29 Å². The van der Waals surface area contributed by atoms with Crippen molar-refractivity contribution in [3.05, 3.63) is 30.3 Å². The highest BCUT2D eigenvalue weighted by Gasteiger charge is 2.20. The Morgan fingerprint density at radius 1 is 1.25 bits per heavy atom. The molecule has 1 atom stereocenters. The summed E-state index contributed by atoms with van der Waals surface area (Å²) in [5, 5.41) is 0. The topological polar surface area (TPSA) is 52.6 Å². The van der Waals surface area contributed by atoms with Crippen molar-refractivity contribution in [1.82, 2.24) is 0 Å². The van der Waals surface area contributed by atoms with Gasteiger partial charge in [-0.05, 0) is 39.3 Å². The van der Waals surface area contributed by atoms with Gasteiger partial charge in [-0.25, -0.2) is 0 Å². The first-order valence-electron chi connectivity index (χ1n) is 6.68. The molecule has 1 aromatic rings. The van der Waals surface area contributed by atoms with Crippen molar-refractivity contribution in [2.45, 2.75) is 39.2 Å². The molecule has 0 heterocycles. The van der Waals surface area contributed by atoms with Crippen LogP contribution >= 0.6 is 0 Å². The van der Waals surface area contributed by atoms with Gasteiger partial charge in [-0.15, -0.1) is 0 Å². The van der Waals surface area contributed by atoms with Gasteiger partial charge >= 0.3 is 5.97 Å². The lowest BCUT2D eigenvalue weighted by Crippen LogP contribution is -2.26. The lowest BCUT2D eigenvalue weighted by Gasteiger charge is -2.20. The minimum absolute atomic E-state index is 0.0406. The maximum absolute atomic E-state index is 11.6. The molecule has 4 nitrogen and oxygen atoms in total. The molecule has 0 fully saturated rings. The van der Waals surface area contributed by atoms with E-state index in [1.165, 1.54) is 0 Å². The molecule has 1 unspecified atom stereocenters. The van der Waals surface area contributed by atoms with Crippen molar-refractivity contribution in [2.75, 3.05) is 6.61 Å². The average Bonchev–Trinajstić information content (AvgIpc) is 2.36. The summed E-state index contributed by atoms with van der Waals surface area (Å²) in [4.78, 5) is 22.5. The van der Waals surface area contributed by atoms with Gasteiger partial charge in [0, 0.05) is 5.92 Å². The molecule has 109 valence electrons. The zero-order chi connectivity index (χ0) is 15.0. The maximum atomic E-state index is 11.6. The van der Waals surface area contributed by atoms with Crippen LogP contribution in [0.25, 0.3) is 0 Å². The van der Waals surface area contributed by atoms with E-state index in [4.69, 9.17) is 9.47 Å². The number of hydrogen-bond acceptors (Lipinski definition) is 4. The molecule has 0 saturated carbocycles. The monoisotopic (exact) mass is 277 g/mol. The van der Waals surface area contributed by atoms with Gasteiger partial charge < -0.3 is 9.47 Å². The first kappa shape index (κ1) is 16.2. The van der Waals surface area contributed by atoms with E-state index in [-0.39, 0.29) is 12.4 Å². The second kappa shape index (κ2) is 7.68. The predicted molar refractivity (Wildman–Crippen MR) is 76.2 cm³/mol. The molecule has 0 amide bonds. The van der Waals surface area contributed by atoms with Gasteiger partial charge in [-0.3, -0.25) is 9.59 Å². The van der Waals surface area contributed by atoms with E-state index in [1.807, 2.05) is 36.6 Å². The number of esters is 1. The average molecular weight is 277 g/mol. The Kier molecular flexibility index (Phi) is 6.22.